The summed E-state index contributed by atoms with van der Waals surface area (Å²) in [6, 6.07) is 0. The summed E-state index contributed by atoms with van der Waals surface area (Å²) in [5, 5.41) is 0. The average Bonchev–Trinajstić information content (AvgIpc) is 3.10. The molecule has 0 aromatic carbocycles. The zero-order chi connectivity index (χ0) is 26.8. The molecule has 3 rings (SSSR count). The van der Waals surface area contributed by atoms with E-state index in [0.29, 0.717) is 25.2 Å². The van der Waals surface area contributed by atoms with Crippen LogP contribution in [0, 0.1) is 28.6 Å². The van der Waals surface area contributed by atoms with E-state index in [0.717, 1.165) is 24.0 Å². The second-order valence-electron chi connectivity index (χ2n) is 11.1. The van der Waals surface area contributed by atoms with Gasteiger partial charge in [0.2, 0.25) is 12.6 Å². The lowest BCUT2D eigenvalue weighted by Crippen LogP contribution is -2.57. The van der Waals surface area contributed by atoms with Gasteiger partial charge in [-0.25, -0.2) is 0 Å². The first-order chi connectivity index (χ1) is 16.9. The van der Waals surface area contributed by atoms with Crippen LogP contribution in [0.15, 0.2) is 36.0 Å². The Labute approximate surface area is 215 Å². The summed E-state index contributed by atoms with van der Waals surface area (Å²) in [6.07, 6.45) is 7.17. The summed E-state index contributed by atoms with van der Waals surface area (Å²) < 4.78 is 23.5. The van der Waals surface area contributed by atoms with Gasteiger partial charge in [0, 0.05) is 19.4 Å². The van der Waals surface area contributed by atoms with E-state index in [9.17, 15) is 14.4 Å². The SMILES string of the molecule is C=C/C(C)=C/C[C@]1(C)[C@H]2C[C@H](OC(=O)C(C)CC)C=C3[C@H](OC(C)=O)O[C@H](OC(C)=O)[C@@]32CC[C@@H]1C. The van der Waals surface area contributed by atoms with Crippen molar-refractivity contribution in [3.63, 3.8) is 0 Å². The summed E-state index contributed by atoms with van der Waals surface area (Å²) in [4.78, 5) is 36.9. The lowest BCUT2D eigenvalue weighted by Gasteiger charge is -2.58. The Morgan fingerprint density at radius 3 is 2.44 bits per heavy atom. The molecule has 1 saturated heterocycles. The zero-order valence-electron chi connectivity index (χ0n) is 22.8. The molecule has 0 aromatic rings. The third-order valence-corrected chi connectivity index (χ3v) is 8.84. The average molecular weight is 503 g/mol. The van der Waals surface area contributed by atoms with Crippen LogP contribution < -0.4 is 0 Å². The number of ether oxygens (including phenoxy) is 4. The Bertz CT molecular complexity index is 949. The molecule has 0 amide bonds. The van der Waals surface area contributed by atoms with E-state index in [1.807, 2.05) is 32.9 Å². The van der Waals surface area contributed by atoms with Gasteiger partial charge in [-0.05, 0) is 62.4 Å². The molecule has 7 nitrogen and oxygen atoms in total. The minimum atomic E-state index is -0.998. The molecule has 0 bridgehead atoms. The number of allylic oxidation sites excluding steroid dienone is 3. The van der Waals surface area contributed by atoms with E-state index in [4.69, 9.17) is 18.9 Å². The molecular weight excluding hydrogens is 460 g/mol. The van der Waals surface area contributed by atoms with Gasteiger partial charge >= 0.3 is 17.9 Å². The molecule has 1 saturated carbocycles. The van der Waals surface area contributed by atoms with Crippen molar-refractivity contribution in [3.05, 3.63) is 36.0 Å². The van der Waals surface area contributed by atoms with E-state index in [2.05, 4.69) is 26.5 Å². The van der Waals surface area contributed by atoms with E-state index in [1.54, 1.807) is 0 Å². The highest BCUT2D eigenvalue weighted by Gasteiger charge is 2.67. The number of carbonyl (C=O) groups is 3. The molecule has 1 aliphatic heterocycles. The molecule has 2 aliphatic carbocycles. The summed E-state index contributed by atoms with van der Waals surface area (Å²) >= 11 is 0. The van der Waals surface area contributed by atoms with Crippen LogP contribution >= 0.6 is 0 Å². The molecule has 1 spiro atoms. The van der Waals surface area contributed by atoms with E-state index >= 15 is 0 Å². The van der Waals surface area contributed by atoms with Gasteiger partial charge in [-0.15, -0.1) is 0 Å². The quantitative estimate of drug-likeness (QED) is 0.184. The minimum absolute atomic E-state index is 0.0535. The van der Waals surface area contributed by atoms with Crippen molar-refractivity contribution in [2.24, 2.45) is 28.6 Å². The highest BCUT2D eigenvalue weighted by molar-refractivity contribution is 5.72. The smallest absolute Gasteiger partial charge is 0.309 e. The monoisotopic (exact) mass is 502 g/mol. The van der Waals surface area contributed by atoms with Gasteiger partial charge in [0.25, 0.3) is 0 Å². The molecule has 1 heterocycles. The van der Waals surface area contributed by atoms with E-state index < -0.39 is 36.0 Å². The van der Waals surface area contributed by atoms with Crippen LogP contribution in [0.1, 0.15) is 80.6 Å². The molecule has 0 radical (unpaired) electrons. The molecule has 7 heteroatoms. The van der Waals surface area contributed by atoms with Gasteiger partial charge in [-0.3, -0.25) is 19.1 Å². The Balaban J connectivity index is 2.16. The number of hydrogen-bond acceptors (Lipinski definition) is 7. The van der Waals surface area contributed by atoms with Crippen molar-refractivity contribution in [1.29, 1.82) is 0 Å². The molecule has 200 valence electrons. The van der Waals surface area contributed by atoms with Crippen LogP contribution in [-0.4, -0.2) is 36.6 Å². The Hall–Kier alpha value is -2.41. The standard InChI is InChI=1S/C29H42O7/c1-9-17(3)11-13-28(8)19(5)12-14-29-23(26(33-20(6)30)36-27(29)34-21(7)31)15-22(16-24(28)29)35-25(32)18(4)10-2/h9,11,15,18-19,22,24,26-27H,1,10,12-14,16H2,2-8H3/b17-11+/t18?,19-,22+,24+,26+,27-,28-,29-/m0/s1. The summed E-state index contributed by atoms with van der Waals surface area (Å²) in [7, 11) is 0. The predicted molar refractivity (Wildman–Crippen MR) is 135 cm³/mol. The molecule has 0 aromatic heterocycles. The van der Waals surface area contributed by atoms with E-state index in [1.165, 1.54) is 13.8 Å². The first kappa shape index (κ1) is 28.2. The van der Waals surface area contributed by atoms with Crippen LogP contribution in [0.2, 0.25) is 0 Å². The maximum atomic E-state index is 12.8. The van der Waals surface area contributed by atoms with Crippen molar-refractivity contribution in [1.82, 2.24) is 0 Å². The Kier molecular flexibility index (Phi) is 8.54. The lowest BCUT2D eigenvalue weighted by atomic mass is 9.46. The van der Waals surface area contributed by atoms with Gasteiger partial charge in [-0.1, -0.05) is 52.0 Å². The van der Waals surface area contributed by atoms with Crippen molar-refractivity contribution < 1.29 is 33.3 Å². The fraction of sp³-hybridized carbons (Fsp3) is 0.690. The lowest BCUT2D eigenvalue weighted by molar-refractivity contribution is -0.235. The van der Waals surface area contributed by atoms with Crippen LogP contribution in [0.4, 0.5) is 0 Å². The number of hydrogen-bond donors (Lipinski definition) is 0. The highest BCUT2D eigenvalue weighted by Crippen LogP contribution is 2.67. The summed E-state index contributed by atoms with van der Waals surface area (Å²) in [6.45, 7) is 16.9. The molecular formula is C29H42O7. The van der Waals surface area contributed by atoms with Crippen LogP contribution in [0.25, 0.3) is 0 Å². The van der Waals surface area contributed by atoms with Gasteiger partial charge < -0.3 is 14.2 Å². The van der Waals surface area contributed by atoms with Crippen molar-refractivity contribution in [3.8, 4) is 0 Å². The maximum Gasteiger partial charge on any atom is 0.309 e. The van der Waals surface area contributed by atoms with Crippen molar-refractivity contribution >= 4 is 17.9 Å². The molecule has 8 atom stereocenters. The zero-order valence-corrected chi connectivity index (χ0v) is 22.8. The van der Waals surface area contributed by atoms with Crippen molar-refractivity contribution in [2.45, 2.75) is 99.3 Å². The summed E-state index contributed by atoms with van der Waals surface area (Å²) in [5.74, 6) is -1.13. The third-order valence-electron chi connectivity index (χ3n) is 8.84. The fourth-order valence-electron chi connectivity index (χ4n) is 6.24. The second kappa shape index (κ2) is 10.9. The Morgan fingerprint density at radius 1 is 1.19 bits per heavy atom. The second-order valence-corrected chi connectivity index (χ2v) is 11.1. The molecule has 2 fully saturated rings. The molecule has 3 aliphatic rings. The maximum absolute atomic E-state index is 12.8. The molecule has 1 unspecified atom stereocenters. The topological polar surface area (TPSA) is 88.1 Å². The Morgan fingerprint density at radius 2 is 1.86 bits per heavy atom. The van der Waals surface area contributed by atoms with Gasteiger partial charge in [0.15, 0.2) is 0 Å². The van der Waals surface area contributed by atoms with Gasteiger partial charge in [0.1, 0.15) is 6.10 Å². The largest absolute Gasteiger partial charge is 0.458 e. The molecule has 36 heavy (non-hydrogen) atoms. The minimum Gasteiger partial charge on any atom is -0.458 e. The number of carbonyl (C=O) groups excluding carboxylic acids is 3. The number of rotatable bonds is 8. The van der Waals surface area contributed by atoms with Crippen LogP contribution in [0.3, 0.4) is 0 Å². The molecule has 0 N–H and O–H groups in total. The predicted octanol–water partition coefficient (Wildman–Crippen LogP) is 5.64. The van der Waals surface area contributed by atoms with E-state index in [-0.39, 0.29) is 23.2 Å². The van der Waals surface area contributed by atoms with Gasteiger partial charge in [-0.2, -0.15) is 0 Å². The third kappa shape index (κ3) is 5.17. The van der Waals surface area contributed by atoms with Gasteiger partial charge in [0.05, 0.1) is 11.3 Å². The van der Waals surface area contributed by atoms with Crippen LogP contribution in [-0.2, 0) is 33.3 Å². The highest BCUT2D eigenvalue weighted by atomic mass is 16.8. The van der Waals surface area contributed by atoms with Crippen molar-refractivity contribution in [2.75, 3.05) is 0 Å². The first-order valence-corrected chi connectivity index (χ1v) is 13.1. The van der Waals surface area contributed by atoms with Crippen LogP contribution in [0.5, 0.6) is 0 Å². The number of esters is 3. The fourth-order valence-corrected chi connectivity index (χ4v) is 6.24. The summed E-state index contributed by atoms with van der Waals surface area (Å²) in [5.41, 5.74) is 0.925. The normalized spacial score (nSPS) is 36.6. The first-order valence-electron chi connectivity index (χ1n) is 13.1.